The van der Waals surface area contributed by atoms with E-state index in [2.05, 4.69) is 30.0 Å². The number of hydrogen-bond donors (Lipinski definition) is 1. The molecule has 0 spiro atoms. The highest BCUT2D eigenvalue weighted by molar-refractivity contribution is 6.31. The van der Waals surface area contributed by atoms with E-state index in [-0.39, 0.29) is 11.6 Å². The Kier molecular flexibility index (Phi) is 5.33. The summed E-state index contributed by atoms with van der Waals surface area (Å²) in [7, 11) is 0. The van der Waals surface area contributed by atoms with Gasteiger partial charge < -0.3 is 5.41 Å². The number of nitriles is 3. The molecule has 1 heterocycles. The van der Waals surface area contributed by atoms with E-state index >= 15 is 0 Å². The molecule has 1 aromatic rings. The minimum atomic E-state index is -1.71. The van der Waals surface area contributed by atoms with Gasteiger partial charge in [0.05, 0.1) is 23.9 Å². The van der Waals surface area contributed by atoms with Gasteiger partial charge in [-0.1, -0.05) is 42.8 Å². The first-order valence-electron chi connectivity index (χ1n) is 9.01. The Balaban J connectivity index is 2.24. The Labute approximate surface area is 164 Å². The summed E-state index contributed by atoms with van der Waals surface area (Å²) in [6.45, 7) is 4.36. The van der Waals surface area contributed by atoms with Gasteiger partial charge in [-0.3, -0.25) is 4.90 Å². The number of nitrogens with zero attached hydrogens (tertiary/aromatic N) is 4. The quantitative estimate of drug-likeness (QED) is 0.807. The molecule has 5 nitrogen and oxygen atoms in total. The maximum absolute atomic E-state index is 10.0. The number of hydrogen-bond acceptors (Lipinski definition) is 5. The van der Waals surface area contributed by atoms with Gasteiger partial charge in [0, 0.05) is 29.9 Å². The molecule has 3 atom stereocenters. The standard InChI is InChI=1S/C21H20ClN5/c1-2-8-27-9-7-14-16(10-23)20(26)21(12-24,13-25)19(17(14)11-27)15-5-3-4-6-18(15)22/h3-7,16-17,19,26H,2,8-9,11H2,1H3/t16?,17-,19+/m0/s1. The highest BCUT2D eigenvalue weighted by Gasteiger charge is 2.58. The van der Waals surface area contributed by atoms with Crippen molar-refractivity contribution >= 4 is 17.3 Å². The molecule has 27 heavy (non-hydrogen) atoms. The average molecular weight is 378 g/mol. The van der Waals surface area contributed by atoms with Gasteiger partial charge in [0.2, 0.25) is 0 Å². The van der Waals surface area contributed by atoms with E-state index in [0.717, 1.165) is 18.5 Å². The predicted molar refractivity (Wildman–Crippen MR) is 103 cm³/mol. The van der Waals surface area contributed by atoms with E-state index < -0.39 is 17.3 Å². The number of benzene rings is 1. The lowest BCUT2D eigenvalue weighted by molar-refractivity contribution is 0.204. The molecule has 3 rings (SSSR count). The van der Waals surface area contributed by atoms with Crippen LogP contribution in [0.4, 0.5) is 0 Å². The van der Waals surface area contributed by atoms with Crippen molar-refractivity contribution in [1.82, 2.24) is 4.90 Å². The van der Waals surface area contributed by atoms with Crippen molar-refractivity contribution < 1.29 is 0 Å². The Hall–Kier alpha value is -2.65. The number of rotatable bonds is 3. The summed E-state index contributed by atoms with van der Waals surface area (Å²) < 4.78 is 0. The first-order chi connectivity index (χ1) is 13.0. The fraction of sp³-hybridized carbons (Fsp3) is 0.429. The number of fused-ring (bicyclic) bond motifs is 1. The minimum Gasteiger partial charge on any atom is -0.305 e. The molecule has 1 saturated carbocycles. The van der Waals surface area contributed by atoms with E-state index in [1.54, 1.807) is 12.1 Å². The van der Waals surface area contributed by atoms with Crippen LogP contribution >= 0.6 is 11.6 Å². The van der Waals surface area contributed by atoms with Gasteiger partial charge in [-0.15, -0.1) is 0 Å². The van der Waals surface area contributed by atoms with Crippen molar-refractivity contribution in [3.8, 4) is 18.2 Å². The van der Waals surface area contributed by atoms with Crippen LogP contribution < -0.4 is 0 Å². The molecule has 1 aliphatic carbocycles. The van der Waals surface area contributed by atoms with Gasteiger partial charge in [-0.2, -0.15) is 15.8 Å². The normalized spacial score (nSPS) is 26.9. The van der Waals surface area contributed by atoms with Crippen LogP contribution in [-0.4, -0.2) is 30.2 Å². The molecule has 6 heteroatoms. The Morgan fingerprint density at radius 2 is 1.96 bits per heavy atom. The maximum atomic E-state index is 10.0. The molecule has 0 bridgehead atoms. The van der Waals surface area contributed by atoms with E-state index in [0.29, 0.717) is 23.7 Å². The summed E-state index contributed by atoms with van der Waals surface area (Å²) in [5, 5.41) is 38.8. The zero-order chi connectivity index (χ0) is 19.6. The van der Waals surface area contributed by atoms with Gasteiger partial charge in [0.15, 0.2) is 5.41 Å². The van der Waals surface area contributed by atoms with Crippen molar-refractivity contribution in [2.45, 2.75) is 19.3 Å². The summed E-state index contributed by atoms with van der Waals surface area (Å²) >= 11 is 6.46. The van der Waals surface area contributed by atoms with Crippen LogP contribution in [0.25, 0.3) is 0 Å². The highest BCUT2D eigenvalue weighted by atomic mass is 35.5. The molecule has 1 aliphatic heterocycles. The SMILES string of the molecule is CCCN1CC=C2C(C#N)C(=N)C(C#N)(C#N)[C@H](c3ccccc3Cl)[C@H]2C1. The predicted octanol–water partition coefficient (Wildman–Crippen LogP) is 3.90. The second-order valence-electron chi connectivity index (χ2n) is 7.08. The van der Waals surface area contributed by atoms with E-state index in [1.807, 2.05) is 18.2 Å². The van der Waals surface area contributed by atoms with Gasteiger partial charge in [-0.05, 0) is 30.2 Å². The molecule has 1 aromatic carbocycles. The second-order valence-corrected chi connectivity index (χ2v) is 7.48. The van der Waals surface area contributed by atoms with Crippen molar-refractivity contribution in [3.05, 3.63) is 46.5 Å². The smallest absolute Gasteiger partial charge is 0.189 e. The van der Waals surface area contributed by atoms with Crippen LogP contribution in [0.15, 0.2) is 35.9 Å². The van der Waals surface area contributed by atoms with E-state index in [9.17, 15) is 15.8 Å². The summed E-state index contributed by atoms with van der Waals surface area (Å²) in [5.74, 6) is -1.62. The van der Waals surface area contributed by atoms with Crippen LogP contribution in [0.2, 0.25) is 5.02 Å². The van der Waals surface area contributed by atoms with Gasteiger partial charge in [-0.25, -0.2) is 0 Å². The maximum Gasteiger partial charge on any atom is 0.189 e. The molecule has 2 aliphatic rings. The lowest BCUT2D eigenvalue weighted by Crippen LogP contribution is -2.53. The third-order valence-corrected chi connectivity index (χ3v) is 5.99. The van der Waals surface area contributed by atoms with E-state index in [1.165, 1.54) is 0 Å². The number of halogens is 1. The molecular weight excluding hydrogens is 358 g/mol. The van der Waals surface area contributed by atoms with Crippen molar-refractivity contribution in [2.24, 2.45) is 17.3 Å². The summed E-state index contributed by atoms with van der Waals surface area (Å²) in [4.78, 5) is 2.26. The molecule has 1 N–H and O–H groups in total. The van der Waals surface area contributed by atoms with Crippen LogP contribution in [0.3, 0.4) is 0 Å². The molecule has 0 radical (unpaired) electrons. The number of nitrogens with one attached hydrogen (secondary N) is 1. The fourth-order valence-corrected chi connectivity index (χ4v) is 4.69. The largest absolute Gasteiger partial charge is 0.305 e. The molecule has 0 saturated heterocycles. The topological polar surface area (TPSA) is 98.5 Å². The van der Waals surface area contributed by atoms with Crippen molar-refractivity contribution in [2.75, 3.05) is 19.6 Å². The molecule has 136 valence electrons. The van der Waals surface area contributed by atoms with Gasteiger partial charge in [0.1, 0.15) is 5.92 Å². The van der Waals surface area contributed by atoms with E-state index in [4.69, 9.17) is 17.0 Å². The van der Waals surface area contributed by atoms with Gasteiger partial charge >= 0.3 is 0 Å². The molecule has 0 amide bonds. The summed E-state index contributed by atoms with van der Waals surface area (Å²) in [5.41, 5.74) is -0.298. The van der Waals surface area contributed by atoms with Crippen molar-refractivity contribution in [3.63, 3.8) is 0 Å². The first-order valence-corrected chi connectivity index (χ1v) is 9.39. The average Bonchev–Trinajstić information content (AvgIpc) is 2.68. The summed E-state index contributed by atoms with van der Waals surface area (Å²) in [6, 6.07) is 13.6. The zero-order valence-corrected chi connectivity index (χ0v) is 15.9. The zero-order valence-electron chi connectivity index (χ0n) is 15.1. The second kappa shape index (κ2) is 7.53. The van der Waals surface area contributed by atoms with Crippen LogP contribution in [0, 0.1) is 56.7 Å². The third-order valence-electron chi connectivity index (χ3n) is 5.65. The highest BCUT2D eigenvalue weighted by Crippen LogP contribution is 2.54. The lowest BCUT2D eigenvalue weighted by Gasteiger charge is -2.48. The van der Waals surface area contributed by atoms with Crippen LogP contribution in [0.1, 0.15) is 24.8 Å². The van der Waals surface area contributed by atoms with Gasteiger partial charge in [0.25, 0.3) is 0 Å². The lowest BCUT2D eigenvalue weighted by atomic mass is 9.54. The van der Waals surface area contributed by atoms with Crippen molar-refractivity contribution in [1.29, 1.82) is 21.2 Å². The monoisotopic (exact) mass is 377 g/mol. The summed E-state index contributed by atoms with van der Waals surface area (Å²) in [6.07, 6.45) is 3.00. The first kappa shape index (κ1) is 19.1. The molecular formula is C21H20ClN5. The van der Waals surface area contributed by atoms with Crippen LogP contribution in [0.5, 0.6) is 0 Å². The molecule has 1 fully saturated rings. The molecule has 1 unspecified atom stereocenters. The fourth-order valence-electron chi connectivity index (χ4n) is 4.44. The van der Waals surface area contributed by atoms with Crippen LogP contribution in [-0.2, 0) is 0 Å². The third kappa shape index (κ3) is 2.92. The Bertz CT molecular complexity index is 900. The Morgan fingerprint density at radius 3 is 2.56 bits per heavy atom. The minimum absolute atomic E-state index is 0.133. The molecule has 0 aromatic heterocycles. The Morgan fingerprint density at radius 1 is 1.26 bits per heavy atom.